The van der Waals surface area contributed by atoms with Gasteiger partial charge < -0.3 is 0 Å². The van der Waals surface area contributed by atoms with Crippen LogP contribution in [0.5, 0.6) is 0 Å². The molecule has 0 saturated heterocycles. The van der Waals surface area contributed by atoms with Crippen molar-refractivity contribution in [3.63, 3.8) is 0 Å². The lowest BCUT2D eigenvalue weighted by atomic mass is 9.53. The summed E-state index contributed by atoms with van der Waals surface area (Å²) in [6.07, 6.45) is -2.36. The summed E-state index contributed by atoms with van der Waals surface area (Å²) in [6, 6.07) is 0. The fourth-order valence-corrected chi connectivity index (χ4v) is 4.41. The van der Waals surface area contributed by atoms with E-state index in [1.807, 2.05) is 0 Å². The quantitative estimate of drug-likeness (QED) is 0.517. The van der Waals surface area contributed by atoms with Crippen LogP contribution in [-0.4, -0.2) is 30.3 Å². The van der Waals surface area contributed by atoms with Gasteiger partial charge in [0.2, 0.25) is 0 Å². The monoisotopic (exact) mass is 388 g/mol. The Hall–Kier alpha value is -1.50. The number of carbonyl (C=O) groups excluding carboxylic acids is 3. The molecule has 0 radical (unpaired) electrons. The molecular weight excluding hydrogens is 361 g/mol. The van der Waals surface area contributed by atoms with Crippen molar-refractivity contribution in [1.82, 2.24) is 0 Å². The van der Waals surface area contributed by atoms with Crippen LogP contribution in [0.1, 0.15) is 60.3 Å². The first-order chi connectivity index (χ1) is 12.2. The number of halogens is 3. The second-order valence-corrected chi connectivity index (χ2v) is 8.78. The molecule has 27 heavy (non-hydrogen) atoms. The number of allylic oxidation sites excluding steroid dienone is 2. The molecule has 0 aromatic heterocycles. The summed E-state index contributed by atoms with van der Waals surface area (Å²) in [4.78, 5) is 38.8. The van der Waals surface area contributed by atoms with E-state index >= 15 is 0 Å². The Labute approximate surface area is 157 Å². The lowest BCUT2D eigenvalue weighted by Gasteiger charge is -2.47. The van der Waals surface area contributed by atoms with Crippen molar-refractivity contribution in [3.8, 4) is 0 Å². The van der Waals surface area contributed by atoms with Crippen molar-refractivity contribution in [3.05, 3.63) is 11.1 Å². The van der Waals surface area contributed by atoms with E-state index < -0.39 is 53.0 Å². The van der Waals surface area contributed by atoms with Gasteiger partial charge in [-0.3, -0.25) is 19.1 Å². The zero-order valence-corrected chi connectivity index (χ0v) is 16.5. The fraction of sp³-hybridized carbons (Fsp3) is 0.750. The summed E-state index contributed by atoms with van der Waals surface area (Å²) in [6.45, 7) is 7.69. The number of carbonyl (C=O) groups is 3. The fourth-order valence-electron chi connectivity index (χ4n) is 4.41. The van der Waals surface area contributed by atoms with E-state index in [-0.39, 0.29) is 6.42 Å². The molecule has 152 valence electrons. The normalized spacial score (nSPS) is 26.0. The average Bonchev–Trinajstić information content (AvgIpc) is 2.46. The summed E-state index contributed by atoms with van der Waals surface area (Å²) in [5.74, 6) is -3.70. The molecular formula is C20H27F3O4. The van der Waals surface area contributed by atoms with Gasteiger partial charge in [-0.2, -0.15) is 0 Å². The lowest BCUT2D eigenvalue weighted by Crippen LogP contribution is -2.55. The van der Waals surface area contributed by atoms with Gasteiger partial charge in [-0.05, 0) is 58.4 Å². The van der Waals surface area contributed by atoms with Gasteiger partial charge in [0.25, 0.3) is 0 Å². The molecule has 0 N–H and O–H groups in total. The Morgan fingerprint density at radius 3 is 1.96 bits per heavy atom. The smallest absolute Gasteiger partial charge is 0.298 e. The highest BCUT2D eigenvalue weighted by Crippen LogP contribution is 2.53. The SMILES string of the molecule is CC(COC(F)(F)F)CC(=O)C1C(=O)C(C)(C)C(=C2CCC2)C(C)(C)C1=O. The minimum Gasteiger partial charge on any atom is -0.298 e. The van der Waals surface area contributed by atoms with Crippen LogP contribution < -0.4 is 0 Å². The first-order valence-corrected chi connectivity index (χ1v) is 9.24. The van der Waals surface area contributed by atoms with E-state index in [0.717, 1.165) is 30.4 Å². The van der Waals surface area contributed by atoms with Gasteiger partial charge in [0.05, 0.1) is 6.61 Å². The van der Waals surface area contributed by atoms with Gasteiger partial charge in [-0.1, -0.05) is 12.5 Å². The second-order valence-electron chi connectivity index (χ2n) is 8.78. The van der Waals surface area contributed by atoms with Gasteiger partial charge in [-0.25, -0.2) is 0 Å². The molecule has 0 spiro atoms. The van der Waals surface area contributed by atoms with Crippen LogP contribution in [0.4, 0.5) is 13.2 Å². The Balaban J connectivity index is 2.24. The van der Waals surface area contributed by atoms with Gasteiger partial charge in [0, 0.05) is 17.3 Å². The molecule has 0 bridgehead atoms. The topological polar surface area (TPSA) is 60.4 Å². The maximum atomic E-state index is 13.1. The standard InChI is InChI=1S/C20H27F3O4/c1-11(10-27-20(21,22)23)9-13(24)14-16(25)18(2,3)15(12-7-6-8-12)19(4,5)17(14)26/h11,14H,6-10H2,1-5H3. The van der Waals surface area contributed by atoms with E-state index in [0.29, 0.717) is 0 Å². The number of alkyl halides is 3. The van der Waals surface area contributed by atoms with Gasteiger partial charge in [0.15, 0.2) is 17.3 Å². The molecule has 1 unspecified atom stereocenters. The molecule has 2 fully saturated rings. The van der Waals surface area contributed by atoms with E-state index in [2.05, 4.69) is 4.74 Å². The van der Waals surface area contributed by atoms with Crippen LogP contribution >= 0.6 is 0 Å². The van der Waals surface area contributed by atoms with E-state index in [1.54, 1.807) is 27.7 Å². The Bertz CT molecular complexity index is 650. The average molecular weight is 388 g/mol. The molecule has 2 aliphatic carbocycles. The summed E-state index contributed by atoms with van der Waals surface area (Å²) in [7, 11) is 0. The van der Waals surface area contributed by atoms with Crippen molar-refractivity contribution in [2.75, 3.05) is 6.61 Å². The van der Waals surface area contributed by atoms with Gasteiger partial charge in [0.1, 0.15) is 5.92 Å². The van der Waals surface area contributed by atoms with Crippen LogP contribution in [0, 0.1) is 22.7 Å². The van der Waals surface area contributed by atoms with E-state index in [1.165, 1.54) is 6.92 Å². The summed E-state index contributed by atoms with van der Waals surface area (Å²) < 4.78 is 40.3. The number of ether oxygens (including phenoxy) is 1. The first kappa shape index (κ1) is 21.8. The molecule has 2 aliphatic rings. The van der Waals surface area contributed by atoms with Crippen LogP contribution in [0.15, 0.2) is 11.1 Å². The highest BCUT2D eigenvalue weighted by Gasteiger charge is 2.57. The van der Waals surface area contributed by atoms with Crippen molar-refractivity contribution < 1.29 is 32.3 Å². The van der Waals surface area contributed by atoms with Gasteiger partial charge in [-0.15, -0.1) is 13.2 Å². The molecule has 0 amide bonds. The molecule has 4 nitrogen and oxygen atoms in total. The minimum absolute atomic E-state index is 0.309. The van der Waals surface area contributed by atoms with E-state index in [9.17, 15) is 27.6 Å². The van der Waals surface area contributed by atoms with Crippen LogP contribution in [0.2, 0.25) is 0 Å². The third-order valence-electron chi connectivity index (χ3n) is 5.72. The zero-order valence-electron chi connectivity index (χ0n) is 16.5. The van der Waals surface area contributed by atoms with Crippen molar-refractivity contribution in [2.45, 2.75) is 66.7 Å². The molecule has 0 aromatic rings. The number of ketones is 3. The maximum Gasteiger partial charge on any atom is 0.522 e. The number of hydrogen-bond acceptors (Lipinski definition) is 4. The predicted molar refractivity (Wildman–Crippen MR) is 92.7 cm³/mol. The first-order valence-electron chi connectivity index (χ1n) is 9.24. The second kappa shape index (κ2) is 7.15. The van der Waals surface area contributed by atoms with Gasteiger partial charge >= 0.3 is 6.36 Å². The van der Waals surface area contributed by atoms with Crippen LogP contribution in [-0.2, 0) is 19.1 Å². The summed E-state index contributed by atoms with van der Waals surface area (Å²) in [5, 5.41) is 0. The minimum atomic E-state index is -4.78. The predicted octanol–water partition coefficient (Wildman–Crippen LogP) is 4.42. The molecule has 2 rings (SSSR count). The zero-order chi connectivity index (χ0) is 20.8. The third kappa shape index (κ3) is 4.18. The van der Waals surface area contributed by atoms with Crippen molar-refractivity contribution in [1.29, 1.82) is 0 Å². The highest BCUT2D eigenvalue weighted by molar-refractivity contribution is 6.25. The Kier molecular flexibility index (Phi) is 5.77. The molecule has 7 heteroatoms. The number of rotatable bonds is 5. The highest BCUT2D eigenvalue weighted by atomic mass is 19.4. The van der Waals surface area contributed by atoms with Crippen molar-refractivity contribution >= 4 is 17.3 Å². The molecule has 1 atom stereocenters. The van der Waals surface area contributed by atoms with E-state index in [4.69, 9.17) is 0 Å². The van der Waals surface area contributed by atoms with Crippen LogP contribution in [0.3, 0.4) is 0 Å². The Morgan fingerprint density at radius 2 is 1.59 bits per heavy atom. The largest absolute Gasteiger partial charge is 0.522 e. The molecule has 2 saturated carbocycles. The third-order valence-corrected chi connectivity index (χ3v) is 5.72. The Morgan fingerprint density at radius 1 is 1.11 bits per heavy atom. The van der Waals surface area contributed by atoms with Crippen molar-refractivity contribution in [2.24, 2.45) is 22.7 Å². The number of Topliss-reactive ketones (excluding diaryl/α,β-unsaturated/α-hetero) is 3. The van der Waals surface area contributed by atoms with Crippen LogP contribution in [0.25, 0.3) is 0 Å². The molecule has 0 aliphatic heterocycles. The summed E-state index contributed by atoms with van der Waals surface area (Å²) in [5.41, 5.74) is 0.0385. The molecule has 0 heterocycles. The number of hydrogen-bond donors (Lipinski definition) is 0. The lowest BCUT2D eigenvalue weighted by molar-refractivity contribution is -0.328. The molecule has 0 aromatic carbocycles. The summed E-state index contributed by atoms with van der Waals surface area (Å²) >= 11 is 0. The maximum absolute atomic E-state index is 13.1.